The fraction of sp³-hybridized carbons (Fsp3) is 0.0357. The minimum absolute atomic E-state index is 0.123. The molecule has 0 radical (unpaired) electrons. The van der Waals surface area contributed by atoms with Gasteiger partial charge in [0.2, 0.25) is 0 Å². The molecule has 1 atom stereocenters. The molecule has 0 heterocycles. The van der Waals surface area contributed by atoms with E-state index in [1.54, 1.807) is 11.0 Å². The first-order valence-electron chi connectivity index (χ1n) is 10.1. The molecule has 0 aliphatic rings. The highest BCUT2D eigenvalue weighted by Crippen LogP contribution is 2.34. The Kier molecular flexibility index (Phi) is 7.26. The molecule has 4 heteroatoms. The van der Waals surface area contributed by atoms with Gasteiger partial charge in [-0.3, -0.25) is 9.69 Å². The summed E-state index contributed by atoms with van der Waals surface area (Å²) < 4.78 is 0.877. The van der Waals surface area contributed by atoms with Gasteiger partial charge in [-0.2, -0.15) is 0 Å². The van der Waals surface area contributed by atoms with Crippen LogP contribution in [0.25, 0.3) is 0 Å². The average Bonchev–Trinajstić information content (AvgIpc) is 2.84. The molecular weight excluding hydrogens is 529 g/mol. The van der Waals surface area contributed by atoms with Crippen LogP contribution in [-0.2, 0) is 0 Å². The van der Waals surface area contributed by atoms with E-state index < -0.39 is 6.04 Å². The van der Waals surface area contributed by atoms with Crippen molar-refractivity contribution in [1.82, 2.24) is 0 Å². The number of carbonyl (C=O) groups excluding carboxylic acids is 1. The number of halogens is 2. The number of hydrogen-bond acceptors (Lipinski definition) is 1. The normalized spacial score (nSPS) is 11.2. The van der Waals surface area contributed by atoms with Crippen LogP contribution in [0, 0.1) is 15.4 Å². The Balaban J connectivity index is 1.90. The molecule has 0 fully saturated rings. The van der Waals surface area contributed by atoms with Gasteiger partial charge in [-0.05, 0) is 70.6 Å². The first-order valence-corrected chi connectivity index (χ1v) is 11.5. The van der Waals surface area contributed by atoms with Crippen LogP contribution in [0.4, 0.5) is 5.69 Å². The van der Waals surface area contributed by atoms with E-state index in [9.17, 15) is 4.79 Å². The highest BCUT2D eigenvalue weighted by molar-refractivity contribution is 14.1. The third-order valence-corrected chi connectivity index (χ3v) is 6.01. The summed E-state index contributed by atoms with van der Waals surface area (Å²) in [5.74, 6) is 6.50. The second-order valence-corrected chi connectivity index (χ2v) is 8.68. The monoisotopic (exact) mass is 547 g/mol. The van der Waals surface area contributed by atoms with Gasteiger partial charge in [-0.1, -0.05) is 90.2 Å². The van der Waals surface area contributed by atoms with Crippen LogP contribution in [0.5, 0.6) is 0 Å². The largest absolute Gasteiger partial charge is 0.289 e. The van der Waals surface area contributed by atoms with E-state index in [-0.39, 0.29) is 5.91 Å². The minimum atomic E-state index is -0.487. The van der Waals surface area contributed by atoms with Crippen LogP contribution in [0.3, 0.4) is 0 Å². The van der Waals surface area contributed by atoms with Crippen LogP contribution in [0.15, 0.2) is 109 Å². The lowest BCUT2D eigenvalue weighted by atomic mass is 10.0. The number of nitrogens with zero attached hydrogens (tertiary/aromatic N) is 1. The molecular formula is C28H19ClINO. The molecule has 1 amide bonds. The van der Waals surface area contributed by atoms with Crippen LogP contribution < -0.4 is 4.90 Å². The topological polar surface area (TPSA) is 20.3 Å². The molecule has 0 saturated heterocycles. The molecule has 0 N–H and O–H groups in total. The van der Waals surface area contributed by atoms with Crippen molar-refractivity contribution < 1.29 is 4.79 Å². The van der Waals surface area contributed by atoms with E-state index in [1.807, 2.05) is 103 Å². The molecule has 0 aliphatic carbocycles. The molecule has 32 heavy (non-hydrogen) atoms. The maximum absolute atomic E-state index is 13.8. The third-order valence-electron chi connectivity index (χ3n) is 4.91. The van der Waals surface area contributed by atoms with E-state index in [1.165, 1.54) is 0 Å². The fourth-order valence-corrected chi connectivity index (χ4v) is 4.50. The van der Waals surface area contributed by atoms with Gasteiger partial charge in [0.1, 0.15) is 6.04 Å². The van der Waals surface area contributed by atoms with Gasteiger partial charge in [0.05, 0.1) is 5.69 Å². The molecule has 0 aromatic heterocycles. The summed E-state index contributed by atoms with van der Waals surface area (Å²) >= 11 is 8.44. The Morgan fingerprint density at radius 3 is 2.03 bits per heavy atom. The number of amides is 1. The quantitative estimate of drug-likeness (QED) is 0.193. The maximum atomic E-state index is 13.8. The SMILES string of the molecule is O=C(c1ccccc1)N(c1ccc(Cl)cc1I)C(C#Cc1ccccc1)c1ccccc1. The first kappa shape index (κ1) is 22.1. The lowest BCUT2D eigenvalue weighted by Gasteiger charge is -2.30. The van der Waals surface area contributed by atoms with Gasteiger partial charge in [-0.15, -0.1) is 0 Å². The molecule has 2 nitrogen and oxygen atoms in total. The minimum Gasteiger partial charge on any atom is -0.289 e. The van der Waals surface area contributed by atoms with Crippen molar-refractivity contribution >= 4 is 45.8 Å². The number of rotatable bonds is 4. The predicted molar refractivity (Wildman–Crippen MR) is 140 cm³/mol. The second kappa shape index (κ2) is 10.5. The molecule has 4 aromatic carbocycles. The molecule has 0 spiro atoms. The number of anilines is 1. The van der Waals surface area contributed by atoms with Crippen molar-refractivity contribution in [2.75, 3.05) is 4.90 Å². The third kappa shape index (κ3) is 5.21. The highest BCUT2D eigenvalue weighted by atomic mass is 127. The lowest BCUT2D eigenvalue weighted by molar-refractivity contribution is 0.0981. The van der Waals surface area contributed by atoms with Crippen LogP contribution >= 0.6 is 34.2 Å². The van der Waals surface area contributed by atoms with Crippen LogP contribution in [-0.4, -0.2) is 5.91 Å². The fourth-order valence-electron chi connectivity index (χ4n) is 3.37. The van der Waals surface area contributed by atoms with Gasteiger partial charge in [0.25, 0.3) is 5.91 Å². The smallest absolute Gasteiger partial charge is 0.259 e. The van der Waals surface area contributed by atoms with Gasteiger partial charge in [-0.25, -0.2) is 0 Å². The molecule has 1 unspecified atom stereocenters. The summed E-state index contributed by atoms with van der Waals surface area (Å²) in [6, 6.07) is 34.0. The van der Waals surface area contributed by atoms with Gasteiger partial charge < -0.3 is 0 Å². The Labute approximate surface area is 207 Å². The second-order valence-electron chi connectivity index (χ2n) is 7.09. The number of hydrogen-bond donors (Lipinski definition) is 0. The zero-order valence-electron chi connectivity index (χ0n) is 17.1. The Morgan fingerprint density at radius 1 is 0.812 bits per heavy atom. The van der Waals surface area contributed by atoms with Crippen molar-refractivity contribution in [3.63, 3.8) is 0 Å². The first-order chi connectivity index (χ1) is 15.6. The van der Waals surface area contributed by atoms with E-state index in [0.29, 0.717) is 10.6 Å². The Hall–Kier alpha value is -3.07. The van der Waals surface area contributed by atoms with Gasteiger partial charge in [0, 0.05) is 19.7 Å². The Bertz CT molecular complexity index is 1260. The van der Waals surface area contributed by atoms with Crippen molar-refractivity contribution in [3.8, 4) is 11.8 Å². The maximum Gasteiger partial charge on any atom is 0.259 e. The van der Waals surface area contributed by atoms with E-state index >= 15 is 0 Å². The van der Waals surface area contributed by atoms with Gasteiger partial charge in [0.15, 0.2) is 0 Å². The van der Waals surface area contributed by atoms with E-state index in [2.05, 4.69) is 34.4 Å². The summed E-state index contributed by atoms with van der Waals surface area (Å²) in [4.78, 5) is 15.6. The standard InChI is InChI=1S/C28H19ClINO/c29-24-17-19-27(25(30)20-24)31(28(32)23-14-8-3-9-15-23)26(22-12-6-2-7-13-22)18-16-21-10-4-1-5-11-21/h1-15,17,19-20,26H. The van der Waals surface area contributed by atoms with Crippen molar-refractivity contribution in [2.45, 2.75) is 6.04 Å². The molecule has 156 valence electrons. The molecule has 4 aromatic rings. The summed E-state index contributed by atoms with van der Waals surface area (Å²) in [6.45, 7) is 0. The molecule has 0 aliphatic heterocycles. The number of carbonyl (C=O) groups is 1. The molecule has 0 bridgehead atoms. The molecule has 0 saturated carbocycles. The number of benzene rings is 4. The predicted octanol–water partition coefficient (Wildman–Crippen LogP) is 7.38. The van der Waals surface area contributed by atoms with E-state index in [4.69, 9.17) is 11.6 Å². The summed E-state index contributed by atoms with van der Waals surface area (Å²) in [5.41, 5.74) is 3.19. The van der Waals surface area contributed by atoms with Crippen LogP contribution in [0.1, 0.15) is 27.5 Å². The summed E-state index contributed by atoms with van der Waals surface area (Å²) in [7, 11) is 0. The van der Waals surface area contributed by atoms with Crippen molar-refractivity contribution in [3.05, 3.63) is 134 Å². The zero-order chi connectivity index (χ0) is 22.3. The average molecular weight is 548 g/mol. The van der Waals surface area contributed by atoms with Crippen molar-refractivity contribution in [1.29, 1.82) is 0 Å². The Morgan fingerprint density at radius 2 is 1.41 bits per heavy atom. The zero-order valence-corrected chi connectivity index (χ0v) is 20.0. The summed E-state index contributed by atoms with van der Waals surface area (Å²) in [6.07, 6.45) is 0. The van der Waals surface area contributed by atoms with E-state index in [0.717, 1.165) is 20.4 Å². The highest BCUT2D eigenvalue weighted by Gasteiger charge is 2.28. The van der Waals surface area contributed by atoms with Crippen LogP contribution in [0.2, 0.25) is 5.02 Å². The van der Waals surface area contributed by atoms with Gasteiger partial charge >= 0.3 is 0 Å². The lowest BCUT2D eigenvalue weighted by Crippen LogP contribution is -2.35. The molecule has 4 rings (SSSR count). The summed E-state index contributed by atoms with van der Waals surface area (Å²) in [5, 5.41) is 0.622. The van der Waals surface area contributed by atoms with Crippen molar-refractivity contribution in [2.24, 2.45) is 0 Å².